The number of halogens is 1. The number of aromatic nitrogens is 2. The van der Waals surface area contributed by atoms with E-state index in [2.05, 4.69) is 64.5 Å². The Balaban J connectivity index is 1.90. The smallest absolute Gasteiger partial charge is 0.0641 e. The van der Waals surface area contributed by atoms with Gasteiger partial charge in [0, 0.05) is 18.8 Å². The minimum atomic E-state index is 0.319. The predicted molar refractivity (Wildman–Crippen MR) is 77.4 cm³/mol. The summed E-state index contributed by atoms with van der Waals surface area (Å²) in [5.74, 6) is 0. The average molecular weight is 308 g/mol. The summed E-state index contributed by atoms with van der Waals surface area (Å²) in [6, 6.07) is 11.1. The summed E-state index contributed by atoms with van der Waals surface area (Å²) in [5, 5.41) is 7.85. The van der Waals surface area contributed by atoms with Crippen molar-refractivity contribution in [1.82, 2.24) is 15.1 Å². The van der Waals surface area contributed by atoms with Crippen LogP contribution in [-0.2, 0) is 6.54 Å². The zero-order chi connectivity index (χ0) is 13.0. The third-order valence-corrected chi connectivity index (χ3v) is 3.59. The fraction of sp³-hybridized carbons (Fsp3) is 0.357. The fourth-order valence-electron chi connectivity index (χ4n) is 1.81. The van der Waals surface area contributed by atoms with Gasteiger partial charge in [0.05, 0.1) is 16.7 Å². The van der Waals surface area contributed by atoms with E-state index in [0.717, 1.165) is 11.0 Å². The molecule has 1 N–H and O–H groups in total. The Morgan fingerprint density at radius 3 is 2.61 bits per heavy atom. The Hall–Kier alpha value is -1.13. The highest BCUT2D eigenvalue weighted by Gasteiger charge is 2.14. The van der Waals surface area contributed by atoms with E-state index in [1.54, 1.807) is 0 Å². The van der Waals surface area contributed by atoms with Gasteiger partial charge in [-0.25, -0.2) is 0 Å². The molecule has 2 rings (SSSR count). The Labute approximate surface area is 116 Å². The van der Waals surface area contributed by atoms with Crippen molar-refractivity contribution < 1.29 is 0 Å². The number of hydrogen-bond donors (Lipinski definition) is 1. The maximum absolute atomic E-state index is 4.32. The van der Waals surface area contributed by atoms with Crippen LogP contribution in [0.5, 0.6) is 0 Å². The van der Waals surface area contributed by atoms with Crippen molar-refractivity contribution in [3.63, 3.8) is 0 Å². The molecule has 96 valence electrons. The van der Waals surface area contributed by atoms with Crippen LogP contribution in [0, 0.1) is 0 Å². The van der Waals surface area contributed by atoms with Gasteiger partial charge in [0.2, 0.25) is 0 Å². The van der Waals surface area contributed by atoms with Crippen LogP contribution in [0.2, 0.25) is 0 Å². The van der Waals surface area contributed by atoms with Crippen molar-refractivity contribution in [2.45, 2.75) is 32.5 Å². The molecule has 0 saturated carbocycles. The number of nitrogens with one attached hydrogen (secondary N) is 1. The molecular formula is C14H18BrN3. The average Bonchev–Trinajstić information content (AvgIpc) is 2.83. The SMILES string of the molecule is CC([C@H](C)NCc1ccccc1)n1cc(Br)cn1. The molecule has 0 aliphatic rings. The quantitative estimate of drug-likeness (QED) is 0.917. The van der Waals surface area contributed by atoms with Gasteiger partial charge in [0.1, 0.15) is 0 Å². The Kier molecular flexibility index (Phi) is 4.55. The van der Waals surface area contributed by atoms with Crippen molar-refractivity contribution in [2.75, 3.05) is 0 Å². The van der Waals surface area contributed by atoms with Crippen LogP contribution in [0.3, 0.4) is 0 Å². The highest BCUT2D eigenvalue weighted by Crippen LogP contribution is 2.14. The summed E-state index contributed by atoms with van der Waals surface area (Å²) < 4.78 is 3.00. The maximum atomic E-state index is 4.32. The lowest BCUT2D eigenvalue weighted by atomic mass is 10.1. The lowest BCUT2D eigenvalue weighted by Crippen LogP contribution is -2.33. The zero-order valence-electron chi connectivity index (χ0n) is 10.7. The van der Waals surface area contributed by atoms with Gasteiger partial charge in [0.25, 0.3) is 0 Å². The van der Waals surface area contributed by atoms with Crippen LogP contribution in [-0.4, -0.2) is 15.8 Å². The van der Waals surface area contributed by atoms with E-state index in [9.17, 15) is 0 Å². The first kappa shape index (κ1) is 13.3. The molecule has 0 saturated heterocycles. The molecule has 4 heteroatoms. The summed E-state index contributed by atoms with van der Waals surface area (Å²) in [4.78, 5) is 0. The molecule has 0 bridgehead atoms. The predicted octanol–water partition coefficient (Wildman–Crippen LogP) is 3.38. The van der Waals surface area contributed by atoms with E-state index in [4.69, 9.17) is 0 Å². The van der Waals surface area contributed by atoms with Crippen molar-refractivity contribution in [3.05, 3.63) is 52.8 Å². The normalized spacial score (nSPS) is 14.4. The fourth-order valence-corrected chi connectivity index (χ4v) is 2.11. The summed E-state index contributed by atoms with van der Waals surface area (Å²) >= 11 is 3.42. The minimum Gasteiger partial charge on any atom is -0.308 e. The molecule has 0 spiro atoms. The number of nitrogens with zero attached hydrogens (tertiary/aromatic N) is 2. The van der Waals surface area contributed by atoms with Crippen molar-refractivity contribution in [1.29, 1.82) is 0 Å². The van der Waals surface area contributed by atoms with Crippen molar-refractivity contribution in [3.8, 4) is 0 Å². The summed E-state index contributed by atoms with van der Waals surface area (Å²) in [6.45, 7) is 5.24. The number of benzene rings is 1. The van der Waals surface area contributed by atoms with E-state index in [1.165, 1.54) is 5.56 Å². The third kappa shape index (κ3) is 3.43. The highest BCUT2D eigenvalue weighted by atomic mass is 79.9. The van der Waals surface area contributed by atoms with Gasteiger partial charge in [0.15, 0.2) is 0 Å². The first-order chi connectivity index (χ1) is 8.66. The molecule has 18 heavy (non-hydrogen) atoms. The monoisotopic (exact) mass is 307 g/mol. The molecule has 1 heterocycles. The Bertz CT molecular complexity index is 481. The highest BCUT2D eigenvalue weighted by molar-refractivity contribution is 9.10. The minimum absolute atomic E-state index is 0.319. The van der Waals surface area contributed by atoms with Crippen molar-refractivity contribution >= 4 is 15.9 Å². The number of rotatable bonds is 5. The molecule has 0 aliphatic carbocycles. The second kappa shape index (κ2) is 6.16. The summed E-state index contributed by atoms with van der Waals surface area (Å²) in [5.41, 5.74) is 1.30. The first-order valence-electron chi connectivity index (χ1n) is 6.14. The van der Waals surface area contributed by atoms with Crippen LogP contribution in [0.25, 0.3) is 0 Å². The van der Waals surface area contributed by atoms with E-state index >= 15 is 0 Å². The van der Waals surface area contributed by atoms with Crippen LogP contribution in [0.1, 0.15) is 25.5 Å². The van der Waals surface area contributed by atoms with E-state index in [-0.39, 0.29) is 0 Å². The third-order valence-electron chi connectivity index (χ3n) is 3.18. The second-order valence-electron chi connectivity index (χ2n) is 4.53. The van der Waals surface area contributed by atoms with Crippen LogP contribution < -0.4 is 5.32 Å². The molecule has 0 amide bonds. The van der Waals surface area contributed by atoms with Gasteiger partial charge >= 0.3 is 0 Å². The maximum Gasteiger partial charge on any atom is 0.0641 e. The molecule has 0 fully saturated rings. The largest absolute Gasteiger partial charge is 0.308 e. The molecule has 1 unspecified atom stereocenters. The second-order valence-corrected chi connectivity index (χ2v) is 5.45. The molecule has 0 aliphatic heterocycles. The molecule has 2 aromatic rings. The number of hydrogen-bond acceptors (Lipinski definition) is 2. The van der Waals surface area contributed by atoms with Gasteiger partial charge in [-0.15, -0.1) is 0 Å². The van der Waals surface area contributed by atoms with Gasteiger partial charge in [-0.2, -0.15) is 5.10 Å². The standard InChI is InChI=1S/C14H18BrN3/c1-11(12(2)18-10-14(15)9-17-18)16-8-13-6-4-3-5-7-13/h3-7,9-12,16H,8H2,1-2H3/t11-,12?/m0/s1. The van der Waals surface area contributed by atoms with Gasteiger partial charge in [-0.05, 0) is 35.3 Å². The summed E-state index contributed by atoms with van der Waals surface area (Å²) in [6.07, 6.45) is 3.83. The molecule has 1 aromatic heterocycles. The Morgan fingerprint density at radius 2 is 2.00 bits per heavy atom. The Morgan fingerprint density at radius 1 is 1.28 bits per heavy atom. The van der Waals surface area contributed by atoms with Crippen LogP contribution in [0.4, 0.5) is 0 Å². The van der Waals surface area contributed by atoms with E-state index in [0.29, 0.717) is 12.1 Å². The molecular weight excluding hydrogens is 290 g/mol. The van der Waals surface area contributed by atoms with Crippen molar-refractivity contribution in [2.24, 2.45) is 0 Å². The topological polar surface area (TPSA) is 29.9 Å². The summed E-state index contributed by atoms with van der Waals surface area (Å²) in [7, 11) is 0. The lowest BCUT2D eigenvalue weighted by molar-refractivity contribution is 0.365. The molecule has 1 aromatic carbocycles. The lowest BCUT2D eigenvalue weighted by Gasteiger charge is -2.21. The molecule has 3 nitrogen and oxygen atoms in total. The zero-order valence-corrected chi connectivity index (χ0v) is 12.3. The van der Waals surface area contributed by atoms with E-state index < -0.39 is 0 Å². The van der Waals surface area contributed by atoms with Gasteiger partial charge < -0.3 is 5.32 Å². The van der Waals surface area contributed by atoms with Gasteiger partial charge in [-0.3, -0.25) is 4.68 Å². The van der Waals surface area contributed by atoms with Crippen LogP contribution in [0.15, 0.2) is 47.2 Å². The van der Waals surface area contributed by atoms with Gasteiger partial charge in [-0.1, -0.05) is 30.3 Å². The first-order valence-corrected chi connectivity index (χ1v) is 6.93. The molecule has 0 radical (unpaired) electrons. The van der Waals surface area contributed by atoms with Crippen LogP contribution >= 0.6 is 15.9 Å². The van der Waals surface area contributed by atoms with E-state index in [1.807, 2.05) is 23.1 Å². The molecule has 2 atom stereocenters.